The van der Waals surface area contributed by atoms with Crippen molar-refractivity contribution < 1.29 is 4.74 Å². The average molecular weight is 381 g/mol. The number of piperidine rings is 1. The van der Waals surface area contributed by atoms with E-state index in [-0.39, 0.29) is 5.41 Å². The van der Waals surface area contributed by atoms with Crippen LogP contribution in [0.4, 0.5) is 5.13 Å². The number of hydrogen-bond donors (Lipinski definition) is 1. The predicted octanol–water partition coefficient (Wildman–Crippen LogP) is 3.71. The first-order valence-corrected chi connectivity index (χ1v) is 10.0. The molecule has 27 heavy (non-hydrogen) atoms. The van der Waals surface area contributed by atoms with Crippen molar-refractivity contribution in [2.45, 2.75) is 24.8 Å². The van der Waals surface area contributed by atoms with Gasteiger partial charge in [0.1, 0.15) is 5.75 Å². The van der Waals surface area contributed by atoms with Crippen LogP contribution >= 0.6 is 11.3 Å². The van der Waals surface area contributed by atoms with E-state index in [4.69, 9.17) is 10.5 Å². The number of hydrogen-bond acceptors (Lipinski definition) is 6. The molecule has 6 heteroatoms. The molecule has 0 unspecified atom stereocenters. The van der Waals surface area contributed by atoms with Gasteiger partial charge in [0.05, 0.1) is 19.0 Å². The van der Waals surface area contributed by atoms with Gasteiger partial charge in [-0.25, -0.2) is 4.98 Å². The number of ether oxygens (including phenoxy) is 1. The summed E-state index contributed by atoms with van der Waals surface area (Å²) in [6.07, 6.45) is 5.71. The Labute approximate surface area is 163 Å². The van der Waals surface area contributed by atoms with Crippen LogP contribution in [0.25, 0.3) is 0 Å². The van der Waals surface area contributed by atoms with Gasteiger partial charge in [-0.15, -0.1) is 11.3 Å². The molecule has 140 valence electrons. The molecular weight excluding hydrogens is 356 g/mol. The molecule has 3 heterocycles. The zero-order chi connectivity index (χ0) is 18.7. The van der Waals surface area contributed by atoms with Crippen LogP contribution in [0.1, 0.15) is 29.7 Å². The number of aromatic nitrogens is 2. The molecule has 4 rings (SSSR count). The molecule has 1 aliphatic heterocycles. The van der Waals surface area contributed by atoms with Gasteiger partial charge < -0.3 is 10.5 Å². The van der Waals surface area contributed by atoms with E-state index in [0.717, 1.165) is 43.9 Å². The molecule has 0 atom stereocenters. The molecule has 0 saturated carbocycles. The summed E-state index contributed by atoms with van der Waals surface area (Å²) in [6.45, 7) is 2.89. The van der Waals surface area contributed by atoms with Crippen LogP contribution in [0.2, 0.25) is 0 Å². The zero-order valence-corrected chi connectivity index (χ0v) is 16.3. The molecule has 5 nitrogen and oxygen atoms in total. The van der Waals surface area contributed by atoms with Crippen LogP contribution in [0, 0.1) is 0 Å². The van der Waals surface area contributed by atoms with Crippen molar-refractivity contribution in [3.63, 3.8) is 0 Å². The molecule has 2 aromatic heterocycles. The standard InChI is InChI=1S/C21H24N4OS/c1-26-18-11-16(12-23-13-18)14-25-9-7-21(8-10-25,17-5-3-2-4-6-17)19-15-27-20(22)24-19/h2-6,11-13,15H,7-10,14H2,1H3,(H2,22,24). The van der Waals surface area contributed by atoms with Crippen LogP contribution in [0.3, 0.4) is 0 Å². The molecule has 2 N–H and O–H groups in total. The molecule has 0 amide bonds. The first kappa shape index (κ1) is 17.9. The van der Waals surface area contributed by atoms with Gasteiger partial charge in [-0.05, 0) is 43.1 Å². The predicted molar refractivity (Wildman–Crippen MR) is 109 cm³/mol. The van der Waals surface area contributed by atoms with Gasteiger partial charge in [-0.3, -0.25) is 9.88 Å². The SMILES string of the molecule is COc1cncc(CN2CCC(c3ccccc3)(c3csc(N)n3)CC2)c1. The lowest BCUT2D eigenvalue weighted by Crippen LogP contribution is -2.43. The second kappa shape index (κ2) is 7.66. The van der Waals surface area contributed by atoms with E-state index in [9.17, 15) is 0 Å². The van der Waals surface area contributed by atoms with Gasteiger partial charge in [-0.1, -0.05) is 30.3 Å². The Morgan fingerprint density at radius 1 is 1.19 bits per heavy atom. The van der Waals surface area contributed by atoms with Gasteiger partial charge in [0.2, 0.25) is 0 Å². The van der Waals surface area contributed by atoms with E-state index in [0.29, 0.717) is 5.13 Å². The summed E-state index contributed by atoms with van der Waals surface area (Å²) in [4.78, 5) is 11.4. The lowest BCUT2D eigenvalue weighted by Gasteiger charge is -2.41. The van der Waals surface area contributed by atoms with Gasteiger partial charge >= 0.3 is 0 Å². The molecule has 0 radical (unpaired) electrons. The Morgan fingerprint density at radius 3 is 2.63 bits per heavy atom. The second-order valence-electron chi connectivity index (χ2n) is 7.03. The van der Waals surface area contributed by atoms with Crippen molar-refractivity contribution in [3.05, 3.63) is 71.0 Å². The van der Waals surface area contributed by atoms with E-state index in [2.05, 4.69) is 56.6 Å². The number of nitrogens with zero attached hydrogens (tertiary/aromatic N) is 3. The lowest BCUT2D eigenvalue weighted by atomic mass is 9.70. The Hall–Kier alpha value is -2.44. The number of nitrogen functional groups attached to an aromatic ring is 1. The molecule has 0 aliphatic carbocycles. The van der Waals surface area contributed by atoms with Crippen molar-refractivity contribution in [2.24, 2.45) is 0 Å². The number of rotatable bonds is 5. The third kappa shape index (κ3) is 3.68. The maximum absolute atomic E-state index is 5.96. The summed E-state index contributed by atoms with van der Waals surface area (Å²) >= 11 is 1.53. The third-order valence-electron chi connectivity index (χ3n) is 5.46. The third-order valence-corrected chi connectivity index (χ3v) is 6.13. The van der Waals surface area contributed by atoms with Gasteiger partial charge in [0.15, 0.2) is 5.13 Å². The minimum absolute atomic E-state index is 0.0570. The molecule has 1 fully saturated rings. The second-order valence-corrected chi connectivity index (χ2v) is 7.92. The molecule has 0 spiro atoms. The summed E-state index contributed by atoms with van der Waals surface area (Å²) in [5, 5.41) is 2.77. The molecule has 1 aliphatic rings. The Morgan fingerprint density at radius 2 is 1.96 bits per heavy atom. The lowest BCUT2D eigenvalue weighted by molar-refractivity contribution is 0.170. The zero-order valence-electron chi connectivity index (χ0n) is 15.5. The highest BCUT2D eigenvalue weighted by molar-refractivity contribution is 7.13. The maximum atomic E-state index is 5.96. The highest BCUT2D eigenvalue weighted by Gasteiger charge is 2.39. The van der Waals surface area contributed by atoms with E-state index in [1.54, 1.807) is 13.3 Å². The number of likely N-dealkylation sites (tertiary alicyclic amines) is 1. The quantitative estimate of drug-likeness (QED) is 0.731. The van der Waals surface area contributed by atoms with Crippen molar-refractivity contribution >= 4 is 16.5 Å². The Bertz CT molecular complexity index is 888. The summed E-state index contributed by atoms with van der Waals surface area (Å²) in [6, 6.07) is 12.8. The topological polar surface area (TPSA) is 64.3 Å². The molecule has 0 bridgehead atoms. The molecular formula is C21H24N4OS. The minimum Gasteiger partial charge on any atom is -0.495 e. The number of benzene rings is 1. The van der Waals surface area contributed by atoms with Gasteiger partial charge in [0, 0.05) is 23.5 Å². The average Bonchev–Trinajstić information content (AvgIpc) is 3.16. The van der Waals surface area contributed by atoms with Crippen molar-refractivity contribution in [1.29, 1.82) is 0 Å². The fourth-order valence-corrected chi connectivity index (χ4v) is 4.63. The number of anilines is 1. The maximum Gasteiger partial charge on any atom is 0.180 e. The fraction of sp³-hybridized carbons (Fsp3) is 0.333. The van der Waals surface area contributed by atoms with Gasteiger partial charge in [0.25, 0.3) is 0 Å². The number of methoxy groups -OCH3 is 1. The first-order chi connectivity index (χ1) is 13.2. The smallest absolute Gasteiger partial charge is 0.180 e. The van der Waals surface area contributed by atoms with E-state index in [1.165, 1.54) is 22.5 Å². The molecule has 3 aromatic rings. The monoisotopic (exact) mass is 380 g/mol. The Kier molecular flexibility index (Phi) is 5.09. The van der Waals surface area contributed by atoms with Crippen molar-refractivity contribution in [1.82, 2.24) is 14.9 Å². The minimum atomic E-state index is -0.0570. The summed E-state index contributed by atoms with van der Waals surface area (Å²) in [7, 11) is 1.68. The molecule has 1 aromatic carbocycles. The van der Waals surface area contributed by atoms with E-state index >= 15 is 0 Å². The van der Waals surface area contributed by atoms with E-state index in [1.807, 2.05) is 6.20 Å². The van der Waals surface area contributed by atoms with Crippen LogP contribution in [-0.2, 0) is 12.0 Å². The number of nitrogens with two attached hydrogens (primary N) is 1. The summed E-state index contributed by atoms with van der Waals surface area (Å²) in [5.74, 6) is 0.807. The highest BCUT2D eigenvalue weighted by Crippen LogP contribution is 2.42. The normalized spacial score (nSPS) is 16.9. The van der Waals surface area contributed by atoms with E-state index < -0.39 is 0 Å². The number of pyridine rings is 1. The highest BCUT2D eigenvalue weighted by atomic mass is 32.1. The van der Waals surface area contributed by atoms with Gasteiger partial charge in [-0.2, -0.15) is 0 Å². The summed E-state index contributed by atoms with van der Waals surface area (Å²) in [5.41, 5.74) is 9.52. The van der Waals surface area contributed by atoms with Crippen LogP contribution in [0.15, 0.2) is 54.2 Å². The number of thiazole rings is 1. The van der Waals surface area contributed by atoms with Crippen molar-refractivity contribution in [2.75, 3.05) is 25.9 Å². The largest absolute Gasteiger partial charge is 0.495 e. The summed E-state index contributed by atoms with van der Waals surface area (Å²) < 4.78 is 5.30. The Balaban J connectivity index is 1.55. The van der Waals surface area contributed by atoms with Crippen LogP contribution in [-0.4, -0.2) is 35.1 Å². The van der Waals surface area contributed by atoms with Crippen molar-refractivity contribution in [3.8, 4) is 5.75 Å². The molecule has 1 saturated heterocycles. The van der Waals surface area contributed by atoms with Crippen LogP contribution < -0.4 is 10.5 Å². The first-order valence-electron chi connectivity index (χ1n) is 9.17. The van der Waals surface area contributed by atoms with Crippen LogP contribution in [0.5, 0.6) is 5.75 Å². The fourth-order valence-electron chi connectivity index (χ4n) is 3.97.